The Morgan fingerprint density at radius 2 is 2.04 bits per heavy atom. The number of nitrogens with zero attached hydrogens (tertiary/aromatic N) is 3. The molecule has 0 aliphatic heterocycles. The lowest BCUT2D eigenvalue weighted by Gasteiger charge is -2.16. The van der Waals surface area contributed by atoms with Crippen LogP contribution in [0.4, 0.5) is 5.82 Å². The second kappa shape index (κ2) is 8.33. The summed E-state index contributed by atoms with van der Waals surface area (Å²) in [6.45, 7) is 2.26. The number of hydrogen-bond donors (Lipinski definition) is 1. The van der Waals surface area contributed by atoms with Crippen molar-refractivity contribution >= 4 is 29.4 Å². The molecule has 2 heterocycles. The standard InChI is InChI=1S/C15H18N4O3S/c1-11-7-13(18-22-11)17-14(20)9-23-10-15(21)19(2)8-12-3-5-16-6-4-12/h3-7H,8-10H2,1-2H3,(H,17,18,20). The molecule has 0 fully saturated rings. The topological polar surface area (TPSA) is 88.3 Å². The fourth-order valence-electron chi connectivity index (χ4n) is 1.80. The van der Waals surface area contributed by atoms with Gasteiger partial charge in [0.05, 0.1) is 11.5 Å². The molecule has 0 aliphatic carbocycles. The van der Waals surface area contributed by atoms with E-state index in [1.54, 1.807) is 37.3 Å². The van der Waals surface area contributed by atoms with Crippen molar-refractivity contribution < 1.29 is 14.1 Å². The molecule has 8 heteroatoms. The van der Waals surface area contributed by atoms with Gasteiger partial charge in [0.1, 0.15) is 5.76 Å². The van der Waals surface area contributed by atoms with Crippen LogP contribution in [0.25, 0.3) is 0 Å². The van der Waals surface area contributed by atoms with Crippen LogP contribution in [0.3, 0.4) is 0 Å². The Bertz CT molecular complexity index is 660. The summed E-state index contributed by atoms with van der Waals surface area (Å²) in [5, 5.41) is 6.29. The first kappa shape index (κ1) is 17.0. The zero-order valence-corrected chi connectivity index (χ0v) is 13.8. The summed E-state index contributed by atoms with van der Waals surface area (Å²) in [5.74, 6) is 1.19. The van der Waals surface area contributed by atoms with E-state index in [0.29, 0.717) is 18.1 Å². The minimum Gasteiger partial charge on any atom is -0.360 e. The van der Waals surface area contributed by atoms with E-state index >= 15 is 0 Å². The first-order chi connectivity index (χ1) is 11.0. The predicted octanol–water partition coefficient (Wildman–Crippen LogP) is 1.71. The van der Waals surface area contributed by atoms with E-state index in [9.17, 15) is 9.59 Å². The van der Waals surface area contributed by atoms with Crippen molar-refractivity contribution in [3.05, 3.63) is 41.9 Å². The van der Waals surface area contributed by atoms with Crippen LogP contribution in [0.5, 0.6) is 0 Å². The Morgan fingerprint density at radius 3 is 2.70 bits per heavy atom. The lowest BCUT2D eigenvalue weighted by molar-refractivity contribution is -0.127. The van der Waals surface area contributed by atoms with Crippen molar-refractivity contribution in [1.29, 1.82) is 0 Å². The molecule has 0 aliphatic rings. The average molecular weight is 334 g/mol. The van der Waals surface area contributed by atoms with Gasteiger partial charge >= 0.3 is 0 Å². The predicted molar refractivity (Wildman–Crippen MR) is 87.9 cm³/mol. The van der Waals surface area contributed by atoms with Gasteiger partial charge in [-0.05, 0) is 24.6 Å². The molecule has 0 saturated carbocycles. The maximum Gasteiger partial charge on any atom is 0.235 e. The normalized spacial score (nSPS) is 10.3. The Hall–Kier alpha value is -2.35. The smallest absolute Gasteiger partial charge is 0.235 e. The maximum atomic E-state index is 12.0. The lowest BCUT2D eigenvalue weighted by atomic mass is 10.2. The average Bonchev–Trinajstić information content (AvgIpc) is 2.93. The molecule has 0 unspecified atom stereocenters. The van der Waals surface area contributed by atoms with Crippen molar-refractivity contribution in [2.75, 3.05) is 23.9 Å². The summed E-state index contributed by atoms with van der Waals surface area (Å²) in [5.41, 5.74) is 1.01. The summed E-state index contributed by atoms with van der Waals surface area (Å²) in [6.07, 6.45) is 3.39. The SMILES string of the molecule is Cc1cc(NC(=O)CSCC(=O)N(C)Cc2ccncc2)no1. The van der Waals surface area contributed by atoms with Crippen molar-refractivity contribution in [1.82, 2.24) is 15.0 Å². The molecule has 2 rings (SSSR count). The highest BCUT2D eigenvalue weighted by atomic mass is 32.2. The van der Waals surface area contributed by atoms with Crippen molar-refractivity contribution in [2.45, 2.75) is 13.5 Å². The van der Waals surface area contributed by atoms with Gasteiger partial charge in [-0.25, -0.2) is 0 Å². The van der Waals surface area contributed by atoms with Crippen molar-refractivity contribution in [2.24, 2.45) is 0 Å². The molecule has 0 atom stereocenters. The Morgan fingerprint density at radius 1 is 1.30 bits per heavy atom. The van der Waals surface area contributed by atoms with Crippen molar-refractivity contribution in [3.8, 4) is 0 Å². The first-order valence-corrected chi connectivity index (χ1v) is 8.14. The summed E-state index contributed by atoms with van der Waals surface area (Å²) in [4.78, 5) is 29.3. The van der Waals surface area contributed by atoms with Crippen LogP contribution in [0.1, 0.15) is 11.3 Å². The van der Waals surface area contributed by atoms with Gasteiger partial charge in [-0.15, -0.1) is 11.8 Å². The fraction of sp³-hybridized carbons (Fsp3) is 0.333. The van der Waals surface area contributed by atoms with Crippen LogP contribution in [-0.2, 0) is 16.1 Å². The largest absolute Gasteiger partial charge is 0.360 e. The molecule has 0 saturated heterocycles. The van der Waals surface area contributed by atoms with Crippen LogP contribution < -0.4 is 5.32 Å². The molecule has 0 spiro atoms. The molecule has 2 aromatic rings. The summed E-state index contributed by atoms with van der Waals surface area (Å²) < 4.78 is 4.86. The van der Waals surface area contributed by atoms with E-state index in [1.165, 1.54) is 11.8 Å². The van der Waals surface area contributed by atoms with Gasteiger partial charge < -0.3 is 14.7 Å². The van der Waals surface area contributed by atoms with Gasteiger partial charge in [-0.1, -0.05) is 5.16 Å². The monoisotopic (exact) mass is 334 g/mol. The highest BCUT2D eigenvalue weighted by molar-refractivity contribution is 8.00. The van der Waals surface area contributed by atoms with Gasteiger partial charge in [-0.3, -0.25) is 14.6 Å². The number of aryl methyl sites for hydroxylation is 1. The van der Waals surface area contributed by atoms with Crippen molar-refractivity contribution in [3.63, 3.8) is 0 Å². The number of aromatic nitrogens is 2. The number of nitrogens with one attached hydrogen (secondary N) is 1. The van der Waals surface area contributed by atoms with E-state index in [1.807, 2.05) is 12.1 Å². The van der Waals surface area contributed by atoms with Crippen LogP contribution >= 0.6 is 11.8 Å². The highest BCUT2D eigenvalue weighted by Gasteiger charge is 2.11. The Balaban J connectivity index is 1.68. The quantitative estimate of drug-likeness (QED) is 0.829. The molecule has 23 heavy (non-hydrogen) atoms. The molecule has 122 valence electrons. The minimum atomic E-state index is -0.215. The Kier molecular flexibility index (Phi) is 6.16. The molecule has 0 aromatic carbocycles. The first-order valence-electron chi connectivity index (χ1n) is 6.98. The molecular weight excluding hydrogens is 316 g/mol. The molecule has 1 N–H and O–H groups in total. The van der Waals surface area contributed by atoms with Gasteiger partial charge in [0.15, 0.2) is 5.82 Å². The zero-order chi connectivity index (χ0) is 16.7. The van der Waals surface area contributed by atoms with E-state index in [4.69, 9.17) is 4.52 Å². The third kappa shape index (κ3) is 5.74. The summed E-state index contributed by atoms with van der Waals surface area (Å²) in [7, 11) is 1.74. The third-order valence-corrected chi connectivity index (χ3v) is 3.87. The maximum absolute atomic E-state index is 12.0. The van der Waals surface area contributed by atoms with Gasteiger partial charge in [0, 0.05) is 32.1 Å². The second-order valence-corrected chi connectivity index (χ2v) is 5.95. The van der Waals surface area contributed by atoms with Crippen LogP contribution in [-0.4, -0.2) is 45.4 Å². The number of anilines is 1. The number of carbonyl (C=O) groups excluding carboxylic acids is 2. The third-order valence-electron chi connectivity index (χ3n) is 2.95. The molecular formula is C15H18N4O3S. The number of rotatable bonds is 7. The number of thioether (sulfide) groups is 1. The number of amides is 2. The van der Waals surface area contributed by atoms with E-state index < -0.39 is 0 Å². The molecule has 0 bridgehead atoms. The second-order valence-electron chi connectivity index (χ2n) is 4.97. The van der Waals surface area contributed by atoms with E-state index in [0.717, 1.165) is 5.56 Å². The zero-order valence-electron chi connectivity index (χ0n) is 13.0. The molecule has 0 radical (unpaired) electrons. The summed E-state index contributed by atoms with van der Waals surface area (Å²) in [6, 6.07) is 5.37. The highest BCUT2D eigenvalue weighted by Crippen LogP contribution is 2.09. The van der Waals surface area contributed by atoms with Crippen LogP contribution in [0.15, 0.2) is 35.1 Å². The Labute approximate surface area is 138 Å². The van der Waals surface area contributed by atoms with Gasteiger partial charge in [0.2, 0.25) is 11.8 Å². The summed E-state index contributed by atoms with van der Waals surface area (Å²) >= 11 is 1.26. The lowest BCUT2D eigenvalue weighted by Crippen LogP contribution is -2.28. The fourth-order valence-corrected chi connectivity index (χ4v) is 2.55. The van der Waals surface area contributed by atoms with E-state index in [-0.39, 0.29) is 23.3 Å². The molecule has 7 nitrogen and oxygen atoms in total. The van der Waals surface area contributed by atoms with Crippen LogP contribution in [0.2, 0.25) is 0 Å². The van der Waals surface area contributed by atoms with E-state index in [2.05, 4.69) is 15.5 Å². The van der Waals surface area contributed by atoms with Gasteiger partial charge in [-0.2, -0.15) is 0 Å². The molecule has 2 aromatic heterocycles. The van der Waals surface area contributed by atoms with Gasteiger partial charge in [0.25, 0.3) is 0 Å². The minimum absolute atomic E-state index is 0.0307. The number of hydrogen-bond acceptors (Lipinski definition) is 6. The number of carbonyl (C=O) groups is 2. The number of pyridine rings is 1. The van der Waals surface area contributed by atoms with Crippen LogP contribution in [0, 0.1) is 6.92 Å². The molecule has 2 amide bonds.